The molecule has 0 aromatic heterocycles. The fourth-order valence-corrected chi connectivity index (χ4v) is 2.66. The molecule has 1 aliphatic rings. The number of hydrogen-bond donors (Lipinski definition) is 1. The Morgan fingerprint density at radius 1 is 1.56 bits per heavy atom. The topological polar surface area (TPSA) is 66.6 Å². The zero-order chi connectivity index (χ0) is 13.3. The molecule has 1 N–H and O–H groups in total. The van der Waals surface area contributed by atoms with Gasteiger partial charge in [0, 0.05) is 19.2 Å². The first-order valence-corrected chi connectivity index (χ1v) is 6.19. The van der Waals surface area contributed by atoms with Gasteiger partial charge in [0.15, 0.2) is 0 Å². The van der Waals surface area contributed by atoms with Gasteiger partial charge in [-0.2, -0.15) is 0 Å². The summed E-state index contributed by atoms with van der Waals surface area (Å²) in [5.41, 5.74) is -0.435. The molecule has 0 amide bonds. The molecular weight excluding hydrogens is 256 g/mol. The lowest BCUT2D eigenvalue weighted by atomic mass is 9.94. The van der Waals surface area contributed by atoms with E-state index < -0.39 is 10.5 Å². The molecule has 0 bridgehead atoms. The number of anilines is 1. The molecule has 0 spiro atoms. The highest BCUT2D eigenvalue weighted by Gasteiger charge is 2.32. The highest BCUT2D eigenvalue weighted by Crippen LogP contribution is 2.38. The highest BCUT2D eigenvalue weighted by atomic mass is 35.5. The fourth-order valence-electron chi connectivity index (χ4n) is 2.38. The summed E-state index contributed by atoms with van der Waals surface area (Å²) in [5.74, 6) is 0. The van der Waals surface area contributed by atoms with E-state index in [2.05, 4.69) is 0 Å². The molecule has 0 radical (unpaired) electrons. The minimum absolute atomic E-state index is 0.0137. The molecule has 1 aromatic rings. The smallest absolute Gasteiger partial charge is 0.294 e. The summed E-state index contributed by atoms with van der Waals surface area (Å²) in [4.78, 5) is 12.4. The second kappa shape index (κ2) is 4.74. The highest BCUT2D eigenvalue weighted by molar-refractivity contribution is 6.33. The standard InChI is InChI=1S/C12H15ClN2O3/c1-12(16)6-3-7-14(8-12)11-9(13)4-2-5-10(11)15(17)18/h2,4-5,16H,3,6-8H2,1H3. The molecule has 18 heavy (non-hydrogen) atoms. The van der Waals surface area contributed by atoms with Crippen LogP contribution in [0.1, 0.15) is 19.8 Å². The van der Waals surface area contributed by atoms with Gasteiger partial charge in [-0.3, -0.25) is 10.1 Å². The van der Waals surface area contributed by atoms with Crippen LogP contribution >= 0.6 is 11.6 Å². The lowest BCUT2D eigenvalue weighted by molar-refractivity contribution is -0.384. The normalized spacial score (nSPS) is 24.1. The van der Waals surface area contributed by atoms with Crippen molar-refractivity contribution in [3.05, 3.63) is 33.3 Å². The minimum Gasteiger partial charge on any atom is -0.388 e. The van der Waals surface area contributed by atoms with Crippen LogP contribution in [-0.2, 0) is 0 Å². The van der Waals surface area contributed by atoms with Crippen LogP contribution < -0.4 is 4.90 Å². The summed E-state index contributed by atoms with van der Waals surface area (Å²) >= 11 is 6.07. The Morgan fingerprint density at radius 3 is 2.89 bits per heavy atom. The molecule has 1 aliphatic heterocycles. The molecule has 2 rings (SSSR count). The molecule has 1 atom stereocenters. The third-order valence-corrected chi connectivity index (χ3v) is 3.46. The predicted octanol–water partition coefficient (Wildman–Crippen LogP) is 2.60. The monoisotopic (exact) mass is 270 g/mol. The zero-order valence-corrected chi connectivity index (χ0v) is 10.9. The third kappa shape index (κ3) is 2.57. The summed E-state index contributed by atoms with van der Waals surface area (Å²) in [6.07, 6.45) is 1.48. The van der Waals surface area contributed by atoms with Gasteiger partial charge in [0.25, 0.3) is 5.69 Å². The van der Waals surface area contributed by atoms with Crippen molar-refractivity contribution in [3.8, 4) is 0 Å². The van der Waals surface area contributed by atoms with E-state index in [1.807, 2.05) is 0 Å². The maximum absolute atomic E-state index is 11.0. The Labute approximate surface area is 110 Å². The Morgan fingerprint density at radius 2 is 2.28 bits per heavy atom. The molecule has 0 aliphatic carbocycles. The average molecular weight is 271 g/mol. The number of aliphatic hydroxyl groups is 1. The lowest BCUT2D eigenvalue weighted by Crippen LogP contribution is -2.46. The van der Waals surface area contributed by atoms with Crippen molar-refractivity contribution in [2.75, 3.05) is 18.0 Å². The van der Waals surface area contributed by atoms with Crippen LogP contribution in [0.2, 0.25) is 5.02 Å². The average Bonchev–Trinajstić information content (AvgIpc) is 2.27. The third-order valence-electron chi connectivity index (χ3n) is 3.15. The summed E-state index contributed by atoms with van der Waals surface area (Å²) in [6.45, 7) is 2.76. The number of benzene rings is 1. The van der Waals surface area contributed by atoms with Crippen molar-refractivity contribution >= 4 is 23.0 Å². The number of nitro groups is 1. The largest absolute Gasteiger partial charge is 0.388 e. The molecule has 1 aromatic carbocycles. The number of hydrogen-bond acceptors (Lipinski definition) is 4. The van der Waals surface area contributed by atoms with E-state index in [0.717, 1.165) is 6.42 Å². The van der Waals surface area contributed by atoms with Crippen molar-refractivity contribution in [1.29, 1.82) is 0 Å². The number of para-hydroxylation sites is 1. The molecular formula is C12H15ClN2O3. The quantitative estimate of drug-likeness (QED) is 0.663. The van der Waals surface area contributed by atoms with E-state index in [4.69, 9.17) is 11.6 Å². The van der Waals surface area contributed by atoms with Crippen LogP contribution in [0.3, 0.4) is 0 Å². The van der Waals surface area contributed by atoms with E-state index in [1.165, 1.54) is 6.07 Å². The van der Waals surface area contributed by atoms with Crippen LogP contribution in [0.5, 0.6) is 0 Å². The van der Waals surface area contributed by atoms with Gasteiger partial charge in [0.1, 0.15) is 5.69 Å². The number of β-amino-alcohol motifs (C(OH)–C–C–N with tert-alkyl or cyclic N) is 1. The molecule has 1 unspecified atom stereocenters. The van der Waals surface area contributed by atoms with Gasteiger partial charge in [-0.05, 0) is 25.8 Å². The number of rotatable bonds is 2. The van der Waals surface area contributed by atoms with Crippen LogP contribution in [0.15, 0.2) is 18.2 Å². The Kier molecular flexibility index (Phi) is 3.45. The first kappa shape index (κ1) is 13.1. The molecule has 98 valence electrons. The van der Waals surface area contributed by atoms with Crippen LogP contribution in [0.25, 0.3) is 0 Å². The lowest BCUT2D eigenvalue weighted by Gasteiger charge is -2.38. The molecule has 1 heterocycles. The van der Waals surface area contributed by atoms with Gasteiger partial charge in [0.2, 0.25) is 0 Å². The predicted molar refractivity (Wildman–Crippen MR) is 70.2 cm³/mol. The molecule has 5 nitrogen and oxygen atoms in total. The Hall–Kier alpha value is -1.33. The van der Waals surface area contributed by atoms with Gasteiger partial charge in [-0.25, -0.2) is 0 Å². The van der Waals surface area contributed by atoms with Crippen LogP contribution in [-0.4, -0.2) is 28.7 Å². The Bertz CT molecular complexity index is 476. The summed E-state index contributed by atoms with van der Waals surface area (Å²) < 4.78 is 0. The molecule has 1 fully saturated rings. The summed E-state index contributed by atoms with van der Waals surface area (Å²) in [5, 5.41) is 21.5. The van der Waals surface area contributed by atoms with Crippen molar-refractivity contribution in [2.24, 2.45) is 0 Å². The second-order valence-electron chi connectivity index (χ2n) is 4.89. The fraction of sp³-hybridized carbons (Fsp3) is 0.500. The second-order valence-corrected chi connectivity index (χ2v) is 5.29. The number of nitro benzene ring substituents is 1. The molecule has 0 saturated carbocycles. The molecule has 6 heteroatoms. The van der Waals surface area contributed by atoms with Crippen LogP contribution in [0, 0.1) is 10.1 Å². The maximum atomic E-state index is 11.0. The molecule has 1 saturated heterocycles. The summed E-state index contributed by atoms with van der Waals surface area (Å²) in [6, 6.07) is 4.63. The van der Waals surface area contributed by atoms with Gasteiger partial charge in [0.05, 0.1) is 15.5 Å². The zero-order valence-electron chi connectivity index (χ0n) is 10.1. The van der Waals surface area contributed by atoms with Crippen molar-refractivity contribution < 1.29 is 10.0 Å². The number of piperidine rings is 1. The number of nitrogens with zero attached hydrogens (tertiary/aromatic N) is 2. The van der Waals surface area contributed by atoms with Gasteiger partial charge in [-0.1, -0.05) is 17.7 Å². The van der Waals surface area contributed by atoms with Gasteiger partial charge in [-0.15, -0.1) is 0 Å². The van der Waals surface area contributed by atoms with E-state index in [-0.39, 0.29) is 5.69 Å². The number of halogens is 1. The van der Waals surface area contributed by atoms with E-state index in [9.17, 15) is 15.2 Å². The Balaban J connectivity index is 2.41. The minimum atomic E-state index is -0.828. The SMILES string of the molecule is CC1(O)CCCN(c2c(Cl)cccc2[N+](=O)[O-])C1. The summed E-state index contributed by atoms with van der Waals surface area (Å²) in [7, 11) is 0. The maximum Gasteiger partial charge on any atom is 0.294 e. The van der Waals surface area contributed by atoms with Crippen molar-refractivity contribution in [2.45, 2.75) is 25.4 Å². The van der Waals surface area contributed by atoms with E-state index in [0.29, 0.717) is 30.2 Å². The van der Waals surface area contributed by atoms with Crippen LogP contribution in [0.4, 0.5) is 11.4 Å². The van der Waals surface area contributed by atoms with E-state index >= 15 is 0 Å². The van der Waals surface area contributed by atoms with E-state index in [1.54, 1.807) is 24.0 Å². The first-order chi connectivity index (χ1) is 8.41. The van der Waals surface area contributed by atoms with Gasteiger partial charge < -0.3 is 10.0 Å². The van der Waals surface area contributed by atoms with Crippen molar-refractivity contribution in [1.82, 2.24) is 0 Å². The van der Waals surface area contributed by atoms with Gasteiger partial charge >= 0.3 is 0 Å². The van der Waals surface area contributed by atoms with Crippen molar-refractivity contribution in [3.63, 3.8) is 0 Å². The first-order valence-electron chi connectivity index (χ1n) is 5.81.